The lowest BCUT2D eigenvalue weighted by molar-refractivity contribution is -0.118. The molecule has 2 aromatic rings. The number of carbonyl (C=O) groups is 1. The van der Waals surface area contributed by atoms with E-state index in [2.05, 4.69) is 15.5 Å². The second-order valence-electron chi connectivity index (χ2n) is 4.47. The van der Waals surface area contributed by atoms with E-state index in [1.165, 1.54) is 11.8 Å². The molecule has 0 saturated heterocycles. The van der Waals surface area contributed by atoms with Crippen LogP contribution in [0.3, 0.4) is 0 Å². The van der Waals surface area contributed by atoms with Crippen LogP contribution in [0.15, 0.2) is 33.9 Å². The van der Waals surface area contributed by atoms with E-state index >= 15 is 0 Å². The van der Waals surface area contributed by atoms with Crippen LogP contribution in [0.1, 0.15) is 20.3 Å². The Morgan fingerprint density at radius 3 is 2.73 bits per heavy atom. The van der Waals surface area contributed by atoms with E-state index in [1.54, 1.807) is 0 Å². The molecule has 0 fully saturated rings. The topological polar surface area (TPSA) is 77.2 Å². The molecule has 0 aliphatic carbocycles. The highest BCUT2D eigenvalue weighted by Gasteiger charge is 2.11. The number of thioether (sulfide) groups is 1. The molecule has 0 unspecified atom stereocenters. The summed E-state index contributed by atoms with van der Waals surface area (Å²) in [7, 11) is 0. The zero-order valence-corrected chi connectivity index (χ0v) is 13.5. The first kappa shape index (κ1) is 16.4. The molecule has 7 heteroatoms. The molecule has 0 saturated carbocycles. The van der Waals surface area contributed by atoms with Crippen molar-refractivity contribution in [1.82, 2.24) is 15.5 Å². The Kier molecular flexibility index (Phi) is 6.27. The van der Waals surface area contributed by atoms with Crippen molar-refractivity contribution in [3.63, 3.8) is 0 Å². The Morgan fingerprint density at radius 1 is 1.27 bits per heavy atom. The van der Waals surface area contributed by atoms with Crippen molar-refractivity contribution in [2.24, 2.45) is 0 Å². The maximum absolute atomic E-state index is 11.5. The molecule has 1 N–H and O–H groups in total. The number of nitrogens with zero attached hydrogens (tertiary/aromatic N) is 2. The van der Waals surface area contributed by atoms with E-state index < -0.39 is 0 Å². The van der Waals surface area contributed by atoms with Crippen molar-refractivity contribution >= 4 is 17.7 Å². The van der Waals surface area contributed by atoms with Gasteiger partial charge in [-0.3, -0.25) is 4.79 Å². The average Bonchev–Trinajstić information content (AvgIpc) is 3.01. The Hall–Kier alpha value is -2.02. The van der Waals surface area contributed by atoms with E-state index in [9.17, 15) is 4.79 Å². The number of hydrogen-bond acceptors (Lipinski definition) is 6. The van der Waals surface area contributed by atoms with Crippen LogP contribution in [-0.2, 0) is 4.79 Å². The van der Waals surface area contributed by atoms with Gasteiger partial charge >= 0.3 is 0 Å². The number of amides is 1. The summed E-state index contributed by atoms with van der Waals surface area (Å²) < 4.78 is 10.9. The summed E-state index contributed by atoms with van der Waals surface area (Å²) in [6.45, 7) is 5.25. The van der Waals surface area contributed by atoms with Crippen molar-refractivity contribution in [1.29, 1.82) is 0 Å². The number of aromatic nitrogens is 2. The first-order valence-corrected chi connectivity index (χ1v) is 8.17. The molecule has 118 valence electrons. The summed E-state index contributed by atoms with van der Waals surface area (Å²) in [4.78, 5) is 11.5. The van der Waals surface area contributed by atoms with Gasteiger partial charge in [-0.1, -0.05) is 18.7 Å². The van der Waals surface area contributed by atoms with Gasteiger partial charge in [0.15, 0.2) is 0 Å². The monoisotopic (exact) mass is 321 g/mol. The first-order chi connectivity index (χ1) is 10.7. The van der Waals surface area contributed by atoms with E-state index in [-0.39, 0.29) is 11.7 Å². The molecule has 2 rings (SSSR count). The van der Waals surface area contributed by atoms with Crippen LogP contribution in [0.2, 0.25) is 0 Å². The highest BCUT2D eigenvalue weighted by atomic mass is 32.2. The van der Waals surface area contributed by atoms with Crippen LogP contribution >= 0.6 is 11.8 Å². The molecular formula is C15H19N3O3S. The van der Waals surface area contributed by atoms with E-state index in [0.29, 0.717) is 24.3 Å². The largest absolute Gasteiger partial charge is 0.494 e. The minimum absolute atomic E-state index is 0.0346. The van der Waals surface area contributed by atoms with Crippen molar-refractivity contribution in [2.45, 2.75) is 25.5 Å². The summed E-state index contributed by atoms with van der Waals surface area (Å²) >= 11 is 1.23. The Balaban J connectivity index is 1.91. The van der Waals surface area contributed by atoms with Gasteiger partial charge in [0.2, 0.25) is 11.8 Å². The van der Waals surface area contributed by atoms with Gasteiger partial charge in [-0.05, 0) is 37.6 Å². The number of nitrogens with one attached hydrogen (secondary N) is 1. The van der Waals surface area contributed by atoms with E-state index in [4.69, 9.17) is 9.15 Å². The predicted molar refractivity (Wildman–Crippen MR) is 84.9 cm³/mol. The molecule has 0 bridgehead atoms. The number of benzene rings is 1. The van der Waals surface area contributed by atoms with Crippen LogP contribution in [0.25, 0.3) is 11.5 Å². The lowest BCUT2D eigenvalue weighted by Crippen LogP contribution is -2.25. The zero-order chi connectivity index (χ0) is 15.8. The fourth-order valence-electron chi connectivity index (χ4n) is 1.69. The molecule has 0 radical (unpaired) electrons. The lowest BCUT2D eigenvalue weighted by Gasteiger charge is -2.02. The third kappa shape index (κ3) is 4.77. The van der Waals surface area contributed by atoms with Crippen LogP contribution in [-0.4, -0.2) is 35.0 Å². The number of carbonyl (C=O) groups excluding carboxylic acids is 1. The fraction of sp³-hybridized carbons (Fsp3) is 0.400. The van der Waals surface area contributed by atoms with Gasteiger partial charge in [-0.15, -0.1) is 10.2 Å². The molecular weight excluding hydrogens is 302 g/mol. The maximum atomic E-state index is 11.5. The van der Waals surface area contributed by atoms with Crippen LogP contribution in [0.5, 0.6) is 5.75 Å². The summed E-state index contributed by atoms with van der Waals surface area (Å²) in [5, 5.41) is 11.1. The molecule has 6 nitrogen and oxygen atoms in total. The number of ether oxygens (including phenoxy) is 1. The number of rotatable bonds is 8. The van der Waals surface area contributed by atoms with Crippen molar-refractivity contribution in [2.75, 3.05) is 18.9 Å². The Labute approximate surface area is 133 Å². The Bertz CT molecular complexity index is 598. The third-order valence-corrected chi connectivity index (χ3v) is 3.54. The minimum Gasteiger partial charge on any atom is -0.494 e. The van der Waals surface area contributed by atoms with Crippen molar-refractivity contribution in [3.8, 4) is 17.2 Å². The third-order valence-electron chi connectivity index (χ3n) is 2.72. The standard InChI is InChI=1S/C15H19N3O3S/c1-3-9-16-13(19)10-22-15-18-17-14(21-15)11-5-7-12(8-6-11)20-4-2/h5-8H,3-4,9-10H2,1-2H3,(H,16,19). The van der Waals surface area contributed by atoms with Gasteiger partial charge in [0.25, 0.3) is 5.22 Å². The lowest BCUT2D eigenvalue weighted by atomic mass is 10.2. The second-order valence-corrected chi connectivity index (χ2v) is 5.40. The smallest absolute Gasteiger partial charge is 0.277 e. The summed E-state index contributed by atoms with van der Waals surface area (Å²) in [6, 6.07) is 7.43. The normalized spacial score (nSPS) is 10.5. The van der Waals surface area contributed by atoms with E-state index in [1.807, 2.05) is 38.1 Å². The van der Waals surface area contributed by atoms with Crippen molar-refractivity contribution in [3.05, 3.63) is 24.3 Å². The Morgan fingerprint density at radius 2 is 2.05 bits per heavy atom. The summed E-state index contributed by atoms with van der Waals surface area (Å²) in [5.74, 6) is 1.46. The van der Waals surface area contributed by atoms with Crippen LogP contribution in [0.4, 0.5) is 0 Å². The molecule has 0 spiro atoms. The maximum Gasteiger partial charge on any atom is 0.277 e. The highest BCUT2D eigenvalue weighted by Crippen LogP contribution is 2.24. The molecule has 0 atom stereocenters. The SMILES string of the molecule is CCCNC(=O)CSc1nnc(-c2ccc(OCC)cc2)o1. The molecule has 22 heavy (non-hydrogen) atoms. The highest BCUT2D eigenvalue weighted by molar-refractivity contribution is 7.99. The summed E-state index contributed by atoms with van der Waals surface area (Å²) in [6.07, 6.45) is 0.916. The zero-order valence-electron chi connectivity index (χ0n) is 12.7. The first-order valence-electron chi connectivity index (χ1n) is 7.19. The van der Waals surface area contributed by atoms with Crippen LogP contribution in [0, 0.1) is 0 Å². The van der Waals surface area contributed by atoms with Gasteiger partial charge < -0.3 is 14.5 Å². The predicted octanol–water partition coefficient (Wildman–Crippen LogP) is 2.75. The molecule has 1 aromatic carbocycles. The van der Waals surface area contributed by atoms with Crippen molar-refractivity contribution < 1.29 is 13.9 Å². The fourth-order valence-corrected chi connectivity index (χ4v) is 2.28. The minimum atomic E-state index is -0.0346. The summed E-state index contributed by atoms with van der Waals surface area (Å²) in [5.41, 5.74) is 0.818. The quantitative estimate of drug-likeness (QED) is 0.753. The van der Waals surface area contributed by atoms with Gasteiger partial charge in [0.1, 0.15) is 5.75 Å². The van der Waals surface area contributed by atoms with Gasteiger partial charge in [0, 0.05) is 12.1 Å². The van der Waals surface area contributed by atoms with Crippen LogP contribution < -0.4 is 10.1 Å². The second kappa shape index (κ2) is 8.43. The number of hydrogen-bond donors (Lipinski definition) is 1. The van der Waals surface area contributed by atoms with Gasteiger partial charge in [0.05, 0.1) is 12.4 Å². The average molecular weight is 321 g/mol. The molecule has 1 heterocycles. The van der Waals surface area contributed by atoms with Gasteiger partial charge in [-0.2, -0.15) is 0 Å². The molecule has 1 amide bonds. The molecule has 1 aromatic heterocycles. The molecule has 0 aliphatic heterocycles. The van der Waals surface area contributed by atoms with E-state index in [0.717, 1.165) is 17.7 Å². The molecule has 0 aliphatic rings. The van der Waals surface area contributed by atoms with Gasteiger partial charge in [-0.25, -0.2) is 0 Å².